The maximum Gasteiger partial charge on any atom is 0.293 e. The summed E-state index contributed by atoms with van der Waals surface area (Å²) in [5.74, 6) is -2.27. The topological polar surface area (TPSA) is 84.3 Å². The molecule has 0 aromatic heterocycles. The molecule has 2 N–H and O–H groups in total. The minimum atomic E-state index is -0.800. The summed E-state index contributed by atoms with van der Waals surface area (Å²) in [4.78, 5) is 22.7. The fraction of sp³-hybridized carbons (Fsp3) is 0.188. The van der Waals surface area contributed by atoms with Crippen LogP contribution in [0.2, 0.25) is 0 Å². The Labute approximate surface area is 135 Å². The monoisotopic (exact) mass is 333 g/mol. The van der Waals surface area contributed by atoms with Crippen LogP contribution in [0.3, 0.4) is 0 Å². The number of halogens is 2. The van der Waals surface area contributed by atoms with E-state index in [1.54, 1.807) is 0 Å². The van der Waals surface area contributed by atoms with E-state index in [2.05, 4.69) is 10.6 Å². The first-order valence-electron chi connectivity index (χ1n) is 7.25. The lowest BCUT2D eigenvalue weighted by atomic mass is 10.1. The van der Waals surface area contributed by atoms with Gasteiger partial charge in [-0.15, -0.1) is 0 Å². The van der Waals surface area contributed by atoms with E-state index in [0.29, 0.717) is 5.69 Å². The van der Waals surface area contributed by atoms with Crippen molar-refractivity contribution in [1.82, 2.24) is 0 Å². The molecular formula is C16H13F2N3O3. The van der Waals surface area contributed by atoms with Crippen molar-refractivity contribution >= 4 is 23.0 Å². The second kappa shape index (κ2) is 6.23. The third kappa shape index (κ3) is 3.48. The maximum atomic E-state index is 13.6. The van der Waals surface area contributed by atoms with Crippen molar-refractivity contribution < 1.29 is 18.5 Å². The lowest BCUT2D eigenvalue weighted by Crippen LogP contribution is -2.14. The molecule has 0 aliphatic heterocycles. The average Bonchev–Trinajstić information content (AvgIpc) is 3.35. The van der Waals surface area contributed by atoms with Gasteiger partial charge in [-0.3, -0.25) is 14.9 Å². The number of nitro benzene ring substituents is 1. The van der Waals surface area contributed by atoms with Crippen LogP contribution in [0.1, 0.15) is 23.2 Å². The zero-order valence-electron chi connectivity index (χ0n) is 12.4. The Bertz CT molecular complexity index is 822. The highest BCUT2D eigenvalue weighted by Crippen LogP contribution is 2.31. The van der Waals surface area contributed by atoms with Gasteiger partial charge in [-0.2, -0.15) is 0 Å². The van der Waals surface area contributed by atoms with E-state index in [-0.39, 0.29) is 23.0 Å². The molecular weight excluding hydrogens is 320 g/mol. The van der Waals surface area contributed by atoms with Crippen LogP contribution in [0.15, 0.2) is 36.4 Å². The number of carbonyl (C=O) groups is 1. The van der Waals surface area contributed by atoms with Crippen molar-refractivity contribution in [3.05, 3.63) is 63.7 Å². The molecule has 0 unspecified atom stereocenters. The van der Waals surface area contributed by atoms with Crippen molar-refractivity contribution in [2.24, 2.45) is 0 Å². The van der Waals surface area contributed by atoms with Gasteiger partial charge in [0.2, 0.25) is 0 Å². The molecule has 0 saturated heterocycles. The first-order valence-corrected chi connectivity index (χ1v) is 7.25. The predicted octanol–water partition coefficient (Wildman–Crippen LogP) is 3.70. The molecule has 0 spiro atoms. The minimum Gasteiger partial charge on any atom is -0.377 e. The number of amides is 1. The molecule has 0 bridgehead atoms. The number of rotatable bonds is 5. The van der Waals surface area contributed by atoms with Crippen molar-refractivity contribution in [2.45, 2.75) is 18.9 Å². The number of nitrogens with one attached hydrogen (secondary N) is 2. The Morgan fingerprint density at radius 1 is 1.12 bits per heavy atom. The zero-order chi connectivity index (χ0) is 17.3. The SMILES string of the molecule is O=C(Nc1cc(F)ccc1F)c1ccc(NC2CC2)c([N+](=O)[O-])c1. The molecule has 24 heavy (non-hydrogen) atoms. The molecule has 1 aliphatic rings. The van der Waals surface area contributed by atoms with Gasteiger partial charge in [-0.05, 0) is 37.1 Å². The van der Waals surface area contributed by atoms with Gasteiger partial charge in [0.25, 0.3) is 11.6 Å². The predicted molar refractivity (Wildman–Crippen MR) is 84.1 cm³/mol. The van der Waals surface area contributed by atoms with Gasteiger partial charge in [0, 0.05) is 23.7 Å². The summed E-state index contributed by atoms with van der Waals surface area (Å²) in [5.41, 5.74) is -0.264. The molecule has 2 aromatic rings. The number of nitrogens with zero attached hydrogens (tertiary/aromatic N) is 1. The van der Waals surface area contributed by atoms with Crippen LogP contribution in [0.4, 0.5) is 25.8 Å². The van der Waals surface area contributed by atoms with Crippen LogP contribution >= 0.6 is 0 Å². The second-order valence-corrected chi connectivity index (χ2v) is 5.49. The van der Waals surface area contributed by atoms with Crippen LogP contribution in [0.5, 0.6) is 0 Å². The Hall–Kier alpha value is -3.03. The highest BCUT2D eigenvalue weighted by atomic mass is 19.1. The van der Waals surface area contributed by atoms with E-state index in [0.717, 1.165) is 37.1 Å². The normalized spacial score (nSPS) is 13.4. The molecule has 8 heteroatoms. The van der Waals surface area contributed by atoms with Crippen molar-refractivity contribution in [3.63, 3.8) is 0 Å². The quantitative estimate of drug-likeness (QED) is 0.645. The largest absolute Gasteiger partial charge is 0.377 e. The maximum absolute atomic E-state index is 13.6. The fourth-order valence-electron chi connectivity index (χ4n) is 2.18. The Kier molecular flexibility index (Phi) is 4.11. The summed E-state index contributed by atoms with van der Waals surface area (Å²) in [7, 11) is 0. The minimum absolute atomic E-state index is 0.0216. The lowest BCUT2D eigenvalue weighted by molar-refractivity contribution is -0.384. The average molecular weight is 333 g/mol. The summed E-state index contributed by atoms with van der Waals surface area (Å²) in [6.07, 6.45) is 1.89. The van der Waals surface area contributed by atoms with Crippen LogP contribution in [-0.2, 0) is 0 Å². The highest BCUT2D eigenvalue weighted by molar-refractivity contribution is 6.05. The number of anilines is 2. The van der Waals surface area contributed by atoms with Crippen LogP contribution in [0.25, 0.3) is 0 Å². The van der Waals surface area contributed by atoms with E-state index < -0.39 is 22.5 Å². The third-order valence-corrected chi connectivity index (χ3v) is 3.57. The number of hydrogen-bond donors (Lipinski definition) is 2. The molecule has 1 fully saturated rings. The van der Waals surface area contributed by atoms with E-state index in [9.17, 15) is 23.7 Å². The van der Waals surface area contributed by atoms with Crippen molar-refractivity contribution in [1.29, 1.82) is 0 Å². The summed E-state index contributed by atoms with van der Waals surface area (Å²) in [5, 5.41) is 16.4. The molecule has 0 radical (unpaired) electrons. The molecule has 1 saturated carbocycles. The summed E-state index contributed by atoms with van der Waals surface area (Å²) < 4.78 is 26.7. The zero-order valence-corrected chi connectivity index (χ0v) is 12.4. The van der Waals surface area contributed by atoms with Gasteiger partial charge in [0.05, 0.1) is 10.6 Å². The van der Waals surface area contributed by atoms with Crippen LogP contribution in [0, 0.1) is 21.7 Å². The van der Waals surface area contributed by atoms with Gasteiger partial charge >= 0.3 is 0 Å². The smallest absolute Gasteiger partial charge is 0.293 e. The van der Waals surface area contributed by atoms with Gasteiger partial charge in [-0.1, -0.05) is 0 Å². The number of carbonyl (C=O) groups excluding carboxylic acids is 1. The molecule has 124 valence electrons. The Balaban J connectivity index is 1.85. The lowest BCUT2D eigenvalue weighted by Gasteiger charge is -2.09. The third-order valence-electron chi connectivity index (χ3n) is 3.57. The summed E-state index contributed by atoms with van der Waals surface area (Å²) >= 11 is 0. The van der Waals surface area contributed by atoms with E-state index in [1.165, 1.54) is 12.1 Å². The second-order valence-electron chi connectivity index (χ2n) is 5.49. The van der Waals surface area contributed by atoms with E-state index in [4.69, 9.17) is 0 Å². The summed E-state index contributed by atoms with van der Waals surface area (Å²) in [6.45, 7) is 0. The molecule has 3 rings (SSSR count). The Morgan fingerprint density at radius 3 is 2.54 bits per heavy atom. The fourth-order valence-corrected chi connectivity index (χ4v) is 2.18. The standard InChI is InChI=1S/C16H13F2N3O3/c17-10-2-5-12(18)14(8-10)20-16(22)9-1-6-13(19-11-3-4-11)15(7-9)21(23)24/h1-2,5-8,11,19H,3-4H2,(H,20,22). The van der Waals surface area contributed by atoms with Gasteiger partial charge in [0.15, 0.2) is 0 Å². The number of benzene rings is 2. The van der Waals surface area contributed by atoms with Crippen molar-refractivity contribution in [3.8, 4) is 0 Å². The Morgan fingerprint density at radius 2 is 1.88 bits per heavy atom. The molecule has 6 nitrogen and oxygen atoms in total. The number of hydrogen-bond acceptors (Lipinski definition) is 4. The highest BCUT2D eigenvalue weighted by Gasteiger charge is 2.25. The first-order chi connectivity index (χ1) is 11.4. The van der Waals surface area contributed by atoms with Crippen LogP contribution in [-0.4, -0.2) is 16.9 Å². The van der Waals surface area contributed by atoms with Crippen molar-refractivity contribution in [2.75, 3.05) is 10.6 Å². The summed E-state index contributed by atoms with van der Waals surface area (Å²) in [6, 6.07) is 6.80. The molecule has 2 aromatic carbocycles. The first kappa shape index (κ1) is 15.9. The van der Waals surface area contributed by atoms with Gasteiger partial charge in [-0.25, -0.2) is 8.78 Å². The van der Waals surface area contributed by atoms with Gasteiger partial charge < -0.3 is 10.6 Å². The van der Waals surface area contributed by atoms with E-state index in [1.807, 2.05) is 0 Å². The molecule has 0 heterocycles. The van der Waals surface area contributed by atoms with E-state index >= 15 is 0 Å². The molecule has 1 amide bonds. The van der Waals surface area contributed by atoms with Crippen LogP contribution < -0.4 is 10.6 Å². The van der Waals surface area contributed by atoms with Gasteiger partial charge in [0.1, 0.15) is 17.3 Å². The molecule has 0 atom stereocenters. The molecule has 1 aliphatic carbocycles. The number of nitro groups is 1.